The number of imidazole rings is 1. The summed E-state index contributed by atoms with van der Waals surface area (Å²) >= 11 is 4.01. The fraction of sp³-hybridized carbons (Fsp3) is 0.429. The van der Waals surface area contributed by atoms with Gasteiger partial charge in [-0.3, -0.25) is 10.1 Å². The zero-order valence-corrected chi connectivity index (χ0v) is 7.64. The molecule has 5 heteroatoms. The highest BCUT2D eigenvalue weighted by Gasteiger charge is 2.11. The maximum atomic E-state index is 11.2. The molecule has 2 N–H and O–H groups in total. The van der Waals surface area contributed by atoms with E-state index in [9.17, 15) is 4.79 Å². The first-order valence-electron chi connectivity index (χ1n) is 3.65. The maximum absolute atomic E-state index is 11.2. The van der Waals surface area contributed by atoms with Crippen LogP contribution in [-0.4, -0.2) is 21.6 Å². The zero-order valence-electron chi connectivity index (χ0n) is 6.74. The molecule has 1 amide bonds. The standard InChI is InChI=1S/C7H11N3OS/c1-5(4-12)6(11)10-7-8-2-3-9-7/h2-3,5,12H,4H2,1H3,(H2,8,9,10,11). The van der Waals surface area contributed by atoms with Gasteiger partial charge in [0.2, 0.25) is 11.9 Å². The van der Waals surface area contributed by atoms with Crippen LogP contribution < -0.4 is 5.32 Å². The van der Waals surface area contributed by atoms with Gasteiger partial charge < -0.3 is 4.98 Å². The number of hydrogen-bond donors (Lipinski definition) is 3. The lowest BCUT2D eigenvalue weighted by atomic mass is 10.2. The Balaban J connectivity index is 2.47. The van der Waals surface area contributed by atoms with E-state index in [-0.39, 0.29) is 11.8 Å². The van der Waals surface area contributed by atoms with Crippen molar-refractivity contribution >= 4 is 24.5 Å². The second-order valence-corrected chi connectivity index (χ2v) is 2.88. The minimum absolute atomic E-state index is 0.0695. The van der Waals surface area contributed by atoms with Crippen molar-refractivity contribution in [2.75, 3.05) is 11.1 Å². The van der Waals surface area contributed by atoms with Crippen LogP contribution in [0.5, 0.6) is 0 Å². The smallest absolute Gasteiger partial charge is 0.230 e. The number of H-pyrrole nitrogens is 1. The average molecular weight is 185 g/mol. The molecule has 0 aliphatic rings. The molecule has 0 radical (unpaired) electrons. The van der Waals surface area contributed by atoms with Crippen LogP contribution >= 0.6 is 12.6 Å². The largest absolute Gasteiger partial charge is 0.331 e. The Hall–Kier alpha value is -0.970. The third-order valence-corrected chi connectivity index (χ3v) is 2.01. The Kier molecular flexibility index (Phi) is 3.16. The lowest BCUT2D eigenvalue weighted by Crippen LogP contribution is -2.22. The van der Waals surface area contributed by atoms with Gasteiger partial charge in [-0.1, -0.05) is 6.92 Å². The van der Waals surface area contributed by atoms with Crippen LogP contribution in [0, 0.1) is 5.92 Å². The SMILES string of the molecule is CC(CS)C(=O)Nc1ncc[nH]1. The van der Waals surface area contributed by atoms with Crippen molar-refractivity contribution in [3.8, 4) is 0 Å². The topological polar surface area (TPSA) is 57.8 Å². The Labute approximate surface area is 76.2 Å². The van der Waals surface area contributed by atoms with Gasteiger partial charge in [0, 0.05) is 24.1 Å². The Morgan fingerprint density at radius 1 is 1.92 bits per heavy atom. The summed E-state index contributed by atoms with van der Waals surface area (Å²) in [5.74, 6) is 0.846. The summed E-state index contributed by atoms with van der Waals surface area (Å²) in [7, 11) is 0. The minimum Gasteiger partial charge on any atom is -0.331 e. The van der Waals surface area contributed by atoms with Gasteiger partial charge in [0.1, 0.15) is 0 Å². The van der Waals surface area contributed by atoms with Gasteiger partial charge >= 0.3 is 0 Å². The summed E-state index contributed by atoms with van der Waals surface area (Å²) in [5.41, 5.74) is 0. The highest BCUT2D eigenvalue weighted by Crippen LogP contribution is 2.02. The quantitative estimate of drug-likeness (QED) is 0.613. The van der Waals surface area contributed by atoms with Crippen molar-refractivity contribution in [2.45, 2.75) is 6.92 Å². The van der Waals surface area contributed by atoms with Crippen LogP contribution in [0.25, 0.3) is 0 Å². The monoisotopic (exact) mass is 185 g/mol. The Morgan fingerprint density at radius 3 is 3.17 bits per heavy atom. The highest BCUT2D eigenvalue weighted by atomic mass is 32.1. The van der Waals surface area contributed by atoms with Crippen LogP contribution in [-0.2, 0) is 4.79 Å². The van der Waals surface area contributed by atoms with E-state index in [4.69, 9.17) is 0 Å². The van der Waals surface area contributed by atoms with Gasteiger partial charge in [0.05, 0.1) is 0 Å². The number of nitrogens with zero attached hydrogens (tertiary/aromatic N) is 1. The van der Waals surface area contributed by atoms with E-state index >= 15 is 0 Å². The second-order valence-electron chi connectivity index (χ2n) is 2.51. The van der Waals surface area contributed by atoms with Crippen molar-refractivity contribution in [3.63, 3.8) is 0 Å². The third-order valence-electron chi connectivity index (χ3n) is 1.46. The molecule has 0 aliphatic carbocycles. The summed E-state index contributed by atoms with van der Waals surface area (Å²) < 4.78 is 0. The molecule has 1 atom stereocenters. The van der Waals surface area contributed by atoms with E-state index in [2.05, 4.69) is 27.9 Å². The molecule has 0 saturated heterocycles. The molecule has 0 fully saturated rings. The number of carbonyl (C=O) groups excluding carboxylic acids is 1. The Bertz CT molecular complexity index is 247. The molecule has 1 aromatic rings. The maximum Gasteiger partial charge on any atom is 0.230 e. The average Bonchev–Trinajstić information content (AvgIpc) is 2.55. The van der Waals surface area contributed by atoms with E-state index < -0.39 is 0 Å². The van der Waals surface area contributed by atoms with Gasteiger partial charge in [0.25, 0.3) is 0 Å². The fourth-order valence-electron chi connectivity index (χ4n) is 0.656. The number of thiol groups is 1. The molecule has 1 unspecified atom stereocenters. The molecule has 1 aromatic heterocycles. The molecule has 1 heterocycles. The second kappa shape index (κ2) is 4.15. The molecular weight excluding hydrogens is 174 g/mol. The van der Waals surface area contributed by atoms with Crippen LogP contribution in [0.1, 0.15) is 6.92 Å². The van der Waals surface area contributed by atoms with E-state index in [1.54, 1.807) is 12.4 Å². The predicted molar refractivity (Wildman–Crippen MR) is 50.2 cm³/mol. The van der Waals surface area contributed by atoms with Crippen LogP contribution in [0.2, 0.25) is 0 Å². The van der Waals surface area contributed by atoms with Gasteiger partial charge in [-0.15, -0.1) is 0 Å². The zero-order chi connectivity index (χ0) is 8.97. The van der Waals surface area contributed by atoms with Crippen molar-refractivity contribution in [1.29, 1.82) is 0 Å². The third kappa shape index (κ3) is 2.27. The molecule has 0 aromatic carbocycles. The highest BCUT2D eigenvalue weighted by molar-refractivity contribution is 7.80. The predicted octanol–water partition coefficient (Wildman–Crippen LogP) is 0.914. The Morgan fingerprint density at radius 2 is 2.67 bits per heavy atom. The van der Waals surface area contributed by atoms with E-state index in [0.717, 1.165) is 0 Å². The summed E-state index contributed by atoms with van der Waals surface area (Å²) in [6.45, 7) is 1.81. The minimum atomic E-state index is -0.0987. The van der Waals surface area contributed by atoms with Crippen molar-refractivity contribution < 1.29 is 4.79 Å². The van der Waals surface area contributed by atoms with Crippen molar-refractivity contribution in [3.05, 3.63) is 12.4 Å². The lowest BCUT2D eigenvalue weighted by molar-refractivity contribution is -0.118. The van der Waals surface area contributed by atoms with E-state index in [0.29, 0.717) is 11.7 Å². The molecule has 66 valence electrons. The number of aromatic amines is 1. The number of amides is 1. The molecule has 1 rings (SSSR count). The normalized spacial score (nSPS) is 12.5. The first-order chi connectivity index (χ1) is 5.74. The fourth-order valence-corrected chi connectivity index (χ4v) is 0.822. The molecule has 12 heavy (non-hydrogen) atoms. The number of carbonyl (C=O) groups is 1. The number of rotatable bonds is 3. The van der Waals surface area contributed by atoms with E-state index in [1.807, 2.05) is 6.92 Å². The van der Waals surface area contributed by atoms with Gasteiger partial charge in [-0.2, -0.15) is 12.6 Å². The lowest BCUT2D eigenvalue weighted by Gasteiger charge is -2.06. The molecule has 0 spiro atoms. The van der Waals surface area contributed by atoms with Gasteiger partial charge in [-0.05, 0) is 0 Å². The summed E-state index contributed by atoms with van der Waals surface area (Å²) in [4.78, 5) is 17.9. The molecule has 0 aliphatic heterocycles. The summed E-state index contributed by atoms with van der Waals surface area (Å²) in [5, 5.41) is 2.62. The van der Waals surface area contributed by atoms with Crippen LogP contribution in [0.4, 0.5) is 5.95 Å². The molecule has 0 bridgehead atoms. The molecular formula is C7H11N3OS. The number of aromatic nitrogens is 2. The molecule has 4 nitrogen and oxygen atoms in total. The number of anilines is 1. The number of nitrogens with one attached hydrogen (secondary N) is 2. The molecule has 0 saturated carbocycles. The summed E-state index contributed by atoms with van der Waals surface area (Å²) in [6.07, 6.45) is 3.24. The van der Waals surface area contributed by atoms with Gasteiger partial charge in [0.15, 0.2) is 0 Å². The van der Waals surface area contributed by atoms with Crippen molar-refractivity contribution in [1.82, 2.24) is 9.97 Å². The number of hydrogen-bond acceptors (Lipinski definition) is 3. The van der Waals surface area contributed by atoms with E-state index in [1.165, 1.54) is 0 Å². The summed E-state index contributed by atoms with van der Waals surface area (Å²) in [6, 6.07) is 0. The van der Waals surface area contributed by atoms with Crippen LogP contribution in [0.3, 0.4) is 0 Å². The first-order valence-corrected chi connectivity index (χ1v) is 4.28. The van der Waals surface area contributed by atoms with Crippen molar-refractivity contribution in [2.24, 2.45) is 5.92 Å². The van der Waals surface area contributed by atoms with Crippen LogP contribution in [0.15, 0.2) is 12.4 Å². The van der Waals surface area contributed by atoms with Gasteiger partial charge in [-0.25, -0.2) is 4.98 Å². The first kappa shape index (κ1) is 9.12.